The molecule has 2 atom stereocenters. The smallest absolute Gasteiger partial charge is 0.0597 e. The minimum Gasteiger partial charge on any atom is -0.381 e. The Labute approximate surface area is 83.6 Å². The molecule has 2 heteroatoms. The van der Waals surface area contributed by atoms with E-state index < -0.39 is 0 Å². The van der Waals surface area contributed by atoms with Crippen LogP contribution in [0.25, 0.3) is 0 Å². The minimum absolute atomic E-state index is 0.454. The zero-order chi connectivity index (χ0) is 10.7. The summed E-state index contributed by atoms with van der Waals surface area (Å²) in [6, 6.07) is 0. The Morgan fingerprint density at radius 2 is 1.08 bits per heavy atom. The SMILES string of the molecule is CC.CC.COC1CCC(OC)C1. The van der Waals surface area contributed by atoms with Gasteiger partial charge in [0.25, 0.3) is 0 Å². The third-order valence-corrected chi connectivity index (χ3v) is 2.00. The van der Waals surface area contributed by atoms with E-state index in [4.69, 9.17) is 9.47 Å². The van der Waals surface area contributed by atoms with Crippen LogP contribution in [0.4, 0.5) is 0 Å². The fourth-order valence-corrected chi connectivity index (χ4v) is 1.33. The van der Waals surface area contributed by atoms with E-state index in [0.717, 1.165) is 19.3 Å². The maximum absolute atomic E-state index is 5.16. The molecule has 0 N–H and O–H groups in total. The van der Waals surface area contributed by atoms with E-state index >= 15 is 0 Å². The Hall–Kier alpha value is -0.0800. The molecule has 0 aromatic carbocycles. The molecule has 0 heterocycles. The lowest BCUT2D eigenvalue weighted by molar-refractivity contribution is 0.0687. The Morgan fingerprint density at radius 3 is 1.23 bits per heavy atom. The van der Waals surface area contributed by atoms with Gasteiger partial charge in [0, 0.05) is 14.2 Å². The van der Waals surface area contributed by atoms with Crippen molar-refractivity contribution in [2.24, 2.45) is 0 Å². The van der Waals surface area contributed by atoms with Gasteiger partial charge in [-0.05, 0) is 19.3 Å². The van der Waals surface area contributed by atoms with Crippen molar-refractivity contribution < 1.29 is 9.47 Å². The number of methoxy groups -OCH3 is 2. The highest BCUT2D eigenvalue weighted by Crippen LogP contribution is 2.22. The van der Waals surface area contributed by atoms with Crippen LogP contribution in [0.1, 0.15) is 47.0 Å². The summed E-state index contributed by atoms with van der Waals surface area (Å²) in [6.45, 7) is 8.00. The molecule has 2 unspecified atom stereocenters. The summed E-state index contributed by atoms with van der Waals surface area (Å²) in [7, 11) is 3.53. The molecular formula is C11H26O2. The summed E-state index contributed by atoms with van der Waals surface area (Å²) in [6.07, 6.45) is 4.31. The van der Waals surface area contributed by atoms with E-state index in [1.54, 1.807) is 14.2 Å². The zero-order valence-electron chi connectivity index (χ0n) is 10.1. The molecule has 1 saturated carbocycles. The third kappa shape index (κ3) is 7.03. The fraction of sp³-hybridized carbons (Fsp3) is 1.00. The van der Waals surface area contributed by atoms with Crippen LogP contribution < -0.4 is 0 Å². The third-order valence-electron chi connectivity index (χ3n) is 2.00. The molecule has 1 aliphatic carbocycles. The van der Waals surface area contributed by atoms with E-state index in [0.29, 0.717) is 12.2 Å². The van der Waals surface area contributed by atoms with Gasteiger partial charge < -0.3 is 9.47 Å². The van der Waals surface area contributed by atoms with E-state index in [9.17, 15) is 0 Å². The Morgan fingerprint density at radius 1 is 0.769 bits per heavy atom. The molecular weight excluding hydrogens is 164 g/mol. The molecule has 0 spiro atoms. The molecule has 1 rings (SSSR count). The standard InChI is InChI=1S/C7H14O2.2C2H6/c1-8-6-3-4-7(5-6)9-2;2*1-2/h6-7H,3-5H2,1-2H3;2*1-2H3. The largest absolute Gasteiger partial charge is 0.381 e. The molecule has 0 aromatic rings. The molecule has 0 bridgehead atoms. The highest BCUT2D eigenvalue weighted by Gasteiger charge is 2.23. The number of hydrogen-bond acceptors (Lipinski definition) is 2. The fourth-order valence-electron chi connectivity index (χ4n) is 1.33. The van der Waals surface area contributed by atoms with Gasteiger partial charge in [-0.15, -0.1) is 0 Å². The highest BCUT2D eigenvalue weighted by molar-refractivity contribution is 4.75. The lowest BCUT2D eigenvalue weighted by Gasteiger charge is -2.06. The molecule has 0 amide bonds. The first-order valence-electron chi connectivity index (χ1n) is 5.42. The number of ether oxygens (including phenoxy) is 2. The van der Waals surface area contributed by atoms with Crippen LogP contribution in [0.5, 0.6) is 0 Å². The van der Waals surface area contributed by atoms with E-state index in [2.05, 4.69) is 0 Å². The molecule has 13 heavy (non-hydrogen) atoms. The molecule has 0 aliphatic heterocycles. The predicted octanol–water partition coefficient (Wildman–Crippen LogP) is 3.25. The average Bonchev–Trinajstić information content (AvgIpc) is 2.71. The maximum atomic E-state index is 5.16. The van der Waals surface area contributed by atoms with Gasteiger partial charge in [-0.1, -0.05) is 27.7 Å². The normalized spacial score (nSPS) is 25.4. The van der Waals surface area contributed by atoms with Gasteiger partial charge >= 0.3 is 0 Å². The first-order valence-corrected chi connectivity index (χ1v) is 5.42. The van der Waals surface area contributed by atoms with Crippen molar-refractivity contribution in [1.82, 2.24) is 0 Å². The maximum Gasteiger partial charge on any atom is 0.0597 e. The molecule has 1 fully saturated rings. The zero-order valence-corrected chi connectivity index (χ0v) is 10.1. The quantitative estimate of drug-likeness (QED) is 0.665. The monoisotopic (exact) mass is 190 g/mol. The van der Waals surface area contributed by atoms with Crippen molar-refractivity contribution in [3.8, 4) is 0 Å². The van der Waals surface area contributed by atoms with E-state index in [1.807, 2.05) is 27.7 Å². The van der Waals surface area contributed by atoms with E-state index in [-0.39, 0.29) is 0 Å². The molecule has 0 radical (unpaired) electrons. The van der Waals surface area contributed by atoms with Crippen molar-refractivity contribution >= 4 is 0 Å². The van der Waals surface area contributed by atoms with Gasteiger partial charge in [0.05, 0.1) is 12.2 Å². The summed E-state index contributed by atoms with van der Waals surface area (Å²) in [5.74, 6) is 0. The van der Waals surface area contributed by atoms with Crippen molar-refractivity contribution in [3.05, 3.63) is 0 Å². The van der Waals surface area contributed by atoms with Crippen LogP contribution in [0.15, 0.2) is 0 Å². The molecule has 0 aromatic heterocycles. The number of hydrogen-bond donors (Lipinski definition) is 0. The van der Waals surface area contributed by atoms with Gasteiger partial charge in [0.2, 0.25) is 0 Å². The van der Waals surface area contributed by atoms with Crippen LogP contribution in [0, 0.1) is 0 Å². The van der Waals surface area contributed by atoms with Gasteiger partial charge in [0.1, 0.15) is 0 Å². The predicted molar refractivity (Wildman–Crippen MR) is 58.1 cm³/mol. The lowest BCUT2D eigenvalue weighted by atomic mass is 10.3. The summed E-state index contributed by atoms with van der Waals surface area (Å²) >= 11 is 0. The second-order valence-corrected chi connectivity index (χ2v) is 2.53. The summed E-state index contributed by atoms with van der Waals surface area (Å²) in [4.78, 5) is 0. The van der Waals surface area contributed by atoms with Crippen LogP contribution in [0.2, 0.25) is 0 Å². The second kappa shape index (κ2) is 11.9. The average molecular weight is 190 g/mol. The first-order chi connectivity index (χ1) is 6.36. The summed E-state index contributed by atoms with van der Waals surface area (Å²) < 4.78 is 10.3. The number of rotatable bonds is 2. The van der Waals surface area contributed by atoms with Crippen LogP contribution in [0.3, 0.4) is 0 Å². The van der Waals surface area contributed by atoms with Crippen LogP contribution in [-0.2, 0) is 9.47 Å². The van der Waals surface area contributed by atoms with Gasteiger partial charge in [-0.3, -0.25) is 0 Å². The first kappa shape index (κ1) is 15.4. The van der Waals surface area contributed by atoms with Crippen LogP contribution >= 0.6 is 0 Å². The van der Waals surface area contributed by atoms with Crippen molar-refractivity contribution in [3.63, 3.8) is 0 Å². The van der Waals surface area contributed by atoms with Gasteiger partial charge in [-0.25, -0.2) is 0 Å². The highest BCUT2D eigenvalue weighted by atomic mass is 16.5. The molecule has 82 valence electrons. The van der Waals surface area contributed by atoms with Crippen molar-refractivity contribution in [2.75, 3.05) is 14.2 Å². The summed E-state index contributed by atoms with van der Waals surface area (Å²) in [5.41, 5.74) is 0. The second-order valence-electron chi connectivity index (χ2n) is 2.53. The topological polar surface area (TPSA) is 18.5 Å². The minimum atomic E-state index is 0.454. The van der Waals surface area contributed by atoms with Crippen molar-refractivity contribution in [2.45, 2.75) is 59.2 Å². The Balaban J connectivity index is 0. The molecule has 1 aliphatic rings. The van der Waals surface area contributed by atoms with E-state index in [1.165, 1.54) is 0 Å². The van der Waals surface area contributed by atoms with Gasteiger partial charge in [0.15, 0.2) is 0 Å². The van der Waals surface area contributed by atoms with Crippen molar-refractivity contribution in [1.29, 1.82) is 0 Å². The summed E-state index contributed by atoms with van der Waals surface area (Å²) in [5, 5.41) is 0. The van der Waals surface area contributed by atoms with Gasteiger partial charge in [-0.2, -0.15) is 0 Å². The lowest BCUT2D eigenvalue weighted by Crippen LogP contribution is -2.08. The molecule has 2 nitrogen and oxygen atoms in total. The Bertz CT molecular complexity index is 74.2. The Kier molecular flexibility index (Phi) is 14.1. The van der Waals surface area contributed by atoms with Crippen LogP contribution in [-0.4, -0.2) is 26.4 Å². The molecule has 0 saturated heterocycles.